The summed E-state index contributed by atoms with van der Waals surface area (Å²) in [5.74, 6) is -0.111. The predicted octanol–water partition coefficient (Wildman–Crippen LogP) is 0.216. The van der Waals surface area contributed by atoms with Crippen LogP contribution in [0.2, 0.25) is 0 Å². The van der Waals surface area contributed by atoms with E-state index in [-0.39, 0.29) is 58.1 Å². The van der Waals surface area contributed by atoms with Gasteiger partial charge in [-0.05, 0) is 13.3 Å². The number of likely N-dealkylation sites (tertiary alicyclic amines) is 1. The van der Waals surface area contributed by atoms with E-state index < -0.39 is 0 Å². The normalized spacial score (nSPS) is 27.3. The Kier molecular flexibility index (Phi) is 7.39. The van der Waals surface area contributed by atoms with Gasteiger partial charge in [0, 0.05) is 51.3 Å². The molecule has 1 fully saturated rings. The van der Waals surface area contributed by atoms with Crippen LogP contribution in [0.1, 0.15) is 13.3 Å². The monoisotopic (exact) mass is 245 g/mol. The van der Waals surface area contributed by atoms with E-state index in [1.165, 1.54) is 0 Å². The largest absolute Gasteiger partial charge is 0.363 e. The molecule has 0 saturated carbocycles. The third-order valence-corrected chi connectivity index (χ3v) is 1.93. The second kappa shape index (κ2) is 5.95. The van der Waals surface area contributed by atoms with E-state index in [2.05, 4.69) is 6.92 Å². The van der Waals surface area contributed by atoms with E-state index in [9.17, 15) is 4.79 Å². The van der Waals surface area contributed by atoms with E-state index in [0.29, 0.717) is 6.54 Å². The second-order valence-electron chi connectivity index (χ2n) is 2.89. The first-order chi connectivity index (χ1) is 4.61. The van der Waals surface area contributed by atoms with Crippen LogP contribution in [0.15, 0.2) is 0 Å². The van der Waals surface area contributed by atoms with Crippen LogP contribution in [-0.2, 0) is 37.5 Å². The molecule has 12 heavy (non-hydrogen) atoms. The molecular weight excluding hydrogens is 229 g/mol. The Morgan fingerprint density at radius 1 is 1.67 bits per heavy atom. The van der Waals surface area contributed by atoms with Crippen molar-refractivity contribution in [3.05, 3.63) is 14.4 Å². The van der Waals surface area contributed by atoms with Crippen LogP contribution in [0.5, 0.6) is 0 Å². The minimum Gasteiger partial charge on any atom is -0.363 e. The number of nitrogens with zero attached hydrogens (tertiary/aromatic N) is 1. The molecule has 69 valence electrons. The van der Waals surface area contributed by atoms with Gasteiger partial charge < -0.3 is 29.8 Å². The summed E-state index contributed by atoms with van der Waals surface area (Å²) in [5, 5.41) is 0. The van der Waals surface area contributed by atoms with Gasteiger partial charge in [0.1, 0.15) is 0 Å². The van der Waals surface area contributed by atoms with Gasteiger partial charge in [-0.15, -0.1) is 0 Å². The standard InChI is InChI=1S/C7H13N2O.CH3.Y/c1-5-3-7(8)4-9(5)6(2)10;;/h5,7H,2-4,8H2,1H3;1H3;/q2*-1;/t5-,7+;;/m1../s1. The molecule has 1 radical (unpaired) electrons. The van der Waals surface area contributed by atoms with Crippen molar-refractivity contribution in [2.45, 2.75) is 25.4 Å². The average Bonchev–Trinajstić information content (AvgIpc) is 2.10. The number of amides is 1. The van der Waals surface area contributed by atoms with Gasteiger partial charge in [-0.1, -0.05) is 0 Å². The summed E-state index contributed by atoms with van der Waals surface area (Å²) in [6.07, 6.45) is 0.904. The van der Waals surface area contributed by atoms with E-state index >= 15 is 0 Å². The first-order valence-corrected chi connectivity index (χ1v) is 3.49. The Morgan fingerprint density at radius 2 is 2.17 bits per heavy atom. The maximum Gasteiger partial charge on any atom is 0.0826 e. The molecule has 1 amide bonds. The molecule has 2 atom stereocenters. The number of nitrogens with two attached hydrogens (primary N) is 1. The van der Waals surface area contributed by atoms with Crippen LogP contribution < -0.4 is 5.73 Å². The minimum absolute atomic E-state index is 0. The van der Waals surface area contributed by atoms with Crippen LogP contribution in [0.25, 0.3) is 0 Å². The van der Waals surface area contributed by atoms with Crippen molar-refractivity contribution in [1.82, 2.24) is 4.90 Å². The summed E-state index contributed by atoms with van der Waals surface area (Å²) in [6, 6.07) is 0.431. The fourth-order valence-electron chi connectivity index (χ4n) is 1.42. The fraction of sp³-hybridized carbons (Fsp3) is 0.625. The van der Waals surface area contributed by atoms with Gasteiger partial charge in [0.05, 0.1) is 5.91 Å². The SMILES string of the molecule is [CH2-]C(=O)N1C[C@@H](N)C[C@H]1C.[CH3-].[Y]. The van der Waals surface area contributed by atoms with Crippen LogP contribution >= 0.6 is 0 Å². The third kappa shape index (κ3) is 3.42. The zero-order valence-corrected chi connectivity index (χ0v) is 10.6. The molecule has 4 heteroatoms. The molecule has 1 aliphatic rings. The molecule has 0 unspecified atom stereocenters. The van der Waals surface area contributed by atoms with E-state index in [4.69, 9.17) is 5.73 Å². The smallest absolute Gasteiger partial charge is 0.0826 e. The number of hydrogen-bond donors (Lipinski definition) is 1. The minimum atomic E-state index is -0.111. The molecule has 1 saturated heterocycles. The van der Waals surface area contributed by atoms with Gasteiger partial charge >= 0.3 is 0 Å². The van der Waals surface area contributed by atoms with Gasteiger partial charge in [0.25, 0.3) is 0 Å². The summed E-state index contributed by atoms with van der Waals surface area (Å²) in [6.45, 7) is 6.00. The van der Waals surface area contributed by atoms with E-state index in [1.54, 1.807) is 4.90 Å². The molecule has 1 heterocycles. The summed E-state index contributed by atoms with van der Waals surface area (Å²) in [7, 11) is 0. The van der Waals surface area contributed by atoms with Crippen molar-refractivity contribution in [2.75, 3.05) is 6.54 Å². The Bertz CT molecular complexity index is 152. The van der Waals surface area contributed by atoms with Crippen LogP contribution in [0, 0.1) is 14.4 Å². The Morgan fingerprint density at radius 3 is 2.33 bits per heavy atom. The van der Waals surface area contributed by atoms with Gasteiger partial charge in [0.2, 0.25) is 0 Å². The van der Waals surface area contributed by atoms with Crippen LogP contribution in [0.3, 0.4) is 0 Å². The molecule has 0 aromatic heterocycles. The Balaban J connectivity index is 0. The summed E-state index contributed by atoms with van der Waals surface area (Å²) in [4.78, 5) is 12.5. The summed E-state index contributed by atoms with van der Waals surface area (Å²) >= 11 is 0. The zero-order valence-electron chi connectivity index (χ0n) is 7.79. The first-order valence-electron chi connectivity index (χ1n) is 3.49. The van der Waals surface area contributed by atoms with Crippen LogP contribution in [-0.4, -0.2) is 29.4 Å². The fourth-order valence-corrected chi connectivity index (χ4v) is 1.42. The number of hydrogen-bond acceptors (Lipinski definition) is 2. The predicted molar refractivity (Wildman–Crippen MR) is 45.5 cm³/mol. The Hall–Kier alpha value is 0.404. The zero-order chi connectivity index (χ0) is 7.72. The molecular formula is C8H16N2OY-2. The van der Waals surface area contributed by atoms with E-state index in [1.807, 2.05) is 6.92 Å². The molecule has 0 aliphatic carbocycles. The second-order valence-corrected chi connectivity index (χ2v) is 2.89. The van der Waals surface area contributed by atoms with Crippen LogP contribution in [0.4, 0.5) is 0 Å². The third-order valence-electron chi connectivity index (χ3n) is 1.93. The van der Waals surface area contributed by atoms with Crippen molar-refractivity contribution < 1.29 is 37.5 Å². The molecule has 2 N–H and O–H groups in total. The molecule has 0 aromatic rings. The molecule has 1 aliphatic heterocycles. The van der Waals surface area contributed by atoms with Crippen molar-refractivity contribution in [1.29, 1.82) is 0 Å². The molecule has 0 bridgehead atoms. The Labute approximate surface area is 99.9 Å². The topological polar surface area (TPSA) is 46.3 Å². The average molecular weight is 245 g/mol. The number of carbonyl (C=O) groups excluding carboxylic acids is 1. The van der Waals surface area contributed by atoms with Crippen molar-refractivity contribution >= 4 is 5.91 Å². The van der Waals surface area contributed by atoms with Crippen molar-refractivity contribution in [2.24, 2.45) is 5.73 Å². The molecule has 1 rings (SSSR count). The van der Waals surface area contributed by atoms with Gasteiger partial charge in [-0.25, -0.2) is 0 Å². The summed E-state index contributed by atoms with van der Waals surface area (Å²) in [5.41, 5.74) is 5.63. The first kappa shape index (κ1) is 14.9. The number of rotatable bonds is 0. The quantitative estimate of drug-likeness (QED) is 0.620. The maximum atomic E-state index is 10.8. The van der Waals surface area contributed by atoms with Gasteiger partial charge in [0.15, 0.2) is 0 Å². The van der Waals surface area contributed by atoms with Crippen molar-refractivity contribution in [3.8, 4) is 0 Å². The molecule has 3 nitrogen and oxygen atoms in total. The maximum absolute atomic E-state index is 10.8. The molecule has 0 spiro atoms. The van der Waals surface area contributed by atoms with Gasteiger partial charge in [-0.3, -0.25) is 0 Å². The van der Waals surface area contributed by atoms with E-state index in [0.717, 1.165) is 6.42 Å². The summed E-state index contributed by atoms with van der Waals surface area (Å²) < 4.78 is 0. The van der Waals surface area contributed by atoms with Crippen molar-refractivity contribution in [3.63, 3.8) is 0 Å². The molecule has 0 aromatic carbocycles. The van der Waals surface area contributed by atoms with Gasteiger partial charge in [-0.2, -0.15) is 0 Å². The number of carbonyl (C=O) groups is 1.